The Morgan fingerprint density at radius 1 is 1.04 bits per heavy atom. The topological polar surface area (TPSA) is 45.7 Å². The number of nitrogens with two attached hydrogens (primary N) is 1. The molecule has 0 heterocycles. The first-order valence-electron chi connectivity index (χ1n) is 8.64. The Morgan fingerprint density at radius 3 is 2.17 bits per heavy atom. The molecule has 0 fully saturated rings. The number of nitrogens with one attached hydrogen (secondary N) is 1. The fourth-order valence-electron chi connectivity index (χ4n) is 3.27. The number of quaternary nitrogens is 1. The smallest absolute Gasteiger partial charge is 0.279 e. The molecule has 3 heteroatoms. The second-order valence-electron chi connectivity index (χ2n) is 6.94. The first-order chi connectivity index (χ1) is 11.4. The van der Waals surface area contributed by atoms with Crippen molar-refractivity contribution < 1.29 is 10.1 Å². The molecule has 3 nitrogen and oxygen atoms in total. The van der Waals surface area contributed by atoms with Gasteiger partial charge in [-0.05, 0) is 31.9 Å². The first-order valence-corrected chi connectivity index (χ1v) is 8.64. The van der Waals surface area contributed by atoms with Gasteiger partial charge in [0, 0.05) is 17.2 Å². The number of benzene rings is 2. The van der Waals surface area contributed by atoms with Gasteiger partial charge in [-0.15, -0.1) is 0 Å². The van der Waals surface area contributed by atoms with Crippen LogP contribution in [0.25, 0.3) is 0 Å². The van der Waals surface area contributed by atoms with Crippen LogP contribution in [0, 0.1) is 26.7 Å². The van der Waals surface area contributed by atoms with Crippen molar-refractivity contribution in [3.8, 4) is 0 Å². The maximum atomic E-state index is 12.4. The summed E-state index contributed by atoms with van der Waals surface area (Å²) in [6, 6.07) is 14.9. The highest BCUT2D eigenvalue weighted by Crippen LogP contribution is 2.21. The Kier molecular flexibility index (Phi) is 6.16. The normalized spacial score (nSPS) is 12.2. The van der Waals surface area contributed by atoms with E-state index in [0.29, 0.717) is 12.5 Å². The Labute approximate surface area is 145 Å². The zero-order chi connectivity index (χ0) is 17.7. The van der Waals surface area contributed by atoms with Gasteiger partial charge in [0.1, 0.15) is 6.04 Å². The van der Waals surface area contributed by atoms with E-state index < -0.39 is 0 Å². The molecule has 0 aromatic heterocycles. The number of carbonyl (C=O) groups is 1. The SMILES string of the molecule is Cc1cc(C)c(NC(=O)C[NH2+][C@H](c2ccccc2)C(C)C)c(C)c1. The van der Waals surface area contributed by atoms with Gasteiger partial charge in [0.2, 0.25) is 0 Å². The van der Waals surface area contributed by atoms with Crippen molar-refractivity contribution in [1.82, 2.24) is 0 Å². The van der Waals surface area contributed by atoms with Crippen molar-refractivity contribution in [1.29, 1.82) is 0 Å². The molecule has 2 aromatic carbocycles. The molecule has 1 atom stereocenters. The van der Waals surface area contributed by atoms with Crippen molar-refractivity contribution in [2.75, 3.05) is 11.9 Å². The summed E-state index contributed by atoms with van der Waals surface area (Å²) in [5.74, 6) is 0.509. The summed E-state index contributed by atoms with van der Waals surface area (Å²) in [7, 11) is 0. The van der Waals surface area contributed by atoms with Crippen molar-refractivity contribution in [2.45, 2.75) is 40.7 Å². The van der Waals surface area contributed by atoms with Crippen LogP contribution in [-0.4, -0.2) is 12.5 Å². The maximum absolute atomic E-state index is 12.4. The maximum Gasteiger partial charge on any atom is 0.279 e. The summed E-state index contributed by atoms with van der Waals surface area (Å²) in [6.07, 6.45) is 0. The van der Waals surface area contributed by atoms with Crippen LogP contribution in [-0.2, 0) is 4.79 Å². The molecule has 1 amide bonds. The molecule has 0 bridgehead atoms. The van der Waals surface area contributed by atoms with Crippen LogP contribution in [0.15, 0.2) is 42.5 Å². The van der Waals surface area contributed by atoms with E-state index in [1.807, 2.05) is 19.9 Å². The summed E-state index contributed by atoms with van der Waals surface area (Å²) < 4.78 is 0. The van der Waals surface area contributed by atoms with E-state index in [1.165, 1.54) is 11.1 Å². The lowest BCUT2D eigenvalue weighted by Crippen LogP contribution is -2.88. The van der Waals surface area contributed by atoms with Crippen molar-refractivity contribution in [3.05, 3.63) is 64.7 Å². The second-order valence-corrected chi connectivity index (χ2v) is 6.94. The van der Waals surface area contributed by atoms with Crippen LogP contribution in [0.1, 0.15) is 42.1 Å². The van der Waals surface area contributed by atoms with Gasteiger partial charge in [-0.2, -0.15) is 0 Å². The molecule has 3 N–H and O–H groups in total. The lowest BCUT2D eigenvalue weighted by molar-refractivity contribution is -0.692. The minimum atomic E-state index is 0.0478. The third-order valence-electron chi connectivity index (χ3n) is 4.40. The van der Waals surface area contributed by atoms with E-state index in [0.717, 1.165) is 16.8 Å². The zero-order valence-electron chi connectivity index (χ0n) is 15.4. The van der Waals surface area contributed by atoms with Crippen molar-refractivity contribution in [3.63, 3.8) is 0 Å². The van der Waals surface area contributed by atoms with E-state index in [4.69, 9.17) is 0 Å². The average molecular weight is 325 g/mol. The summed E-state index contributed by atoms with van der Waals surface area (Å²) >= 11 is 0. The molecule has 0 radical (unpaired) electrons. The van der Waals surface area contributed by atoms with Crippen LogP contribution in [0.5, 0.6) is 0 Å². The van der Waals surface area contributed by atoms with E-state index in [-0.39, 0.29) is 11.9 Å². The second kappa shape index (κ2) is 8.11. The van der Waals surface area contributed by atoms with Gasteiger partial charge >= 0.3 is 0 Å². The summed E-state index contributed by atoms with van der Waals surface area (Å²) in [5, 5.41) is 5.21. The predicted molar refractivity (Wildman–Crippen MR) is 100 cm³/mol. The molecular formula is C21H29N2O+. The number of hydrogen-bond donors (Lipinski definition) is 2. The molecule has 0 unspecified atom stereocenters. The molecule has 0 aliphatic carbocycles. The molecule has 0 aliphatic heterocycles. The molecule has 2 rings (SSSR count). The van der Waals surface area contributed by atoms with Gasteiger partial charge in [-0.1, -0.05) is 61.9 Å². The molecule has 0 saturated carbocycles. The minimum Gasteiger partial charge on any atom is -0.332 e. The average Bonchev–Trinajstić information content (AvgIpc) is 2.51. The Morgan fingerprint density at radius 2 is 1.62 bits per heavy atom. The Bertz CT molecular complexity index is 669. The van der Waals surface area contributed by atoms with Gasteiger partial charge in [0.05, 0.1) is 0 Å². The van der Waals surface area contributed by atoms with E-state index in [2.05, 4.69) is 67.8 Å². The lowest BCUT2D eigenvalue weighted by Gasteiger charge is -2.20. The predicted octanol–water partition coefficient (Wildman–Crippen LogP) is 3.51. The Balaban J connectivity index is 2.02. The number of rotatable bonds is 6. The summed E-state index contributed by atoms with van der Waals surface area (Å²) in [6.45, 7) is 11.0. The molecule has 128 valence electrons. The van der Waals surface area contributed by atoms with Crippen molar-refractivity contribution >= 4 is 11.6 Å². The third-order valence-corrected chi connectivity index (χ3v) is 4.40. The number of aryl methyl sites for hydroxylation is 3. The van der Waals surface area contributed by atoms with Gasteiger partial charge in [0.15, 0.2) is 6.54 Å². The van der Waals surface area contributed by atoms with Crippen LogP contribution in [0.4, 0.5) is 5.69 Å². The van der Waals surface area contributed by atoms with Gasteiger partial charge in [-0.25, -0.2) is 0 Å². The Hall–Kier alpha value is -2.13. The van der Waals surface area contributed by atoms with Crippen LogP contribution < -0.4 is 10.6 Å². The first kappa shape index (κ1) is 18.2. The fourth-order valence-corrected chi connectivity index (χ4v) is 3.27. The standard InChI is InChI=1S/C21H28N2O/c1-14(2)20(18-9-7-6-8-10-18)22-13-19(24)23-21-16(4)11-15(3)12-17(21)5/h6-12,14,20,22H,13H2,1-5H3,(H,23,24)/p+1/t20-/m0/s1. The van der Waals surface area contributed by atoms with Gasteiger partial charge in [-0.3, -0.25) is 4.79 Å². The molecule has 0 saturated heterocycles. The summed E-state index contributed by atoms with van der Waals surface area (Å²) in [4.78, 5) is 12.4. The number of amides is 1. The molecule has 0 spiro atoms. The molecule has 0 aliphatic rings. The van der Waals surface area contributed by atoms with Crippen LogP contribution >= 0.6 is 0 Å². The number of hydrogen-bond acceptors (Lipinski definition) is 1. The zero-order valence-corrected chi connectivity index (χ0v) is 15.4. The van der Waals surface area contributed by atoms with E-state index in [1.54, 1.807) is 0 Å². The monoisotopic (exact) mass is 325 g/mol. The third kappa shape index (κ3) is 4.68. The molecule has 24 heavy (non-hydrogen) atoms. The van der Waals surface area contributed by atoms with Crippen LogP contribution in [0.3, 0.4) is 0 Å². The van der Waals surface area contributed by atoms with E-state index >= 15 is 0 Å². The molecule has 2 aromatic rings. The highest BCUT2D eigenvalue weighted by Gasteiger charge is 2.20. The fraction of sp³-hybridized carbons (Fsp3) is 0.381. The lowest BCUT2D eigenvalue weighted by atomic mass is 9.96. The van der Waals surface area contributed by atoms with Gasteiger partial charge in [0.25, 0.3) is 5.91 Å². The quantitative estimate of drug-likeness (QED) is 0.839. The highest BCUT2D eigenvalue weighted by atomic mass is 16.1. The highest BCUT2D eigenvalue weighted by molar-refractivity contribution is 5.93. The number of anilines is 1. The largest absolute Gasteiger partial charge is 0.332 e. The molecular weight excluding hydrogens is 296 g/mol. The van der Waals surface area contributed by atoms with Crippen LogP contribution in [0.2, 0.25) is 0 Å². The minimum absolute atomic E-state index is 0.0478. The number of carbonyl (C=O) groups excluding carboxylic acids is 1. The van der Waals surface area contributed by atoms with Crippen molar-refractivity contribution in [2.24, 2.45) is 5.92 Å². The van der Waals surface area contributed by atoms with Gasteiger partial charge < -0.3 is 10.6 Å². The summed E-state index contributed by atoms with van der Waals surface area (Å²) in [5.41, 5.74) is 5.66. The van der Waals surface area contributed by atoms with E-state index in [9.17, 15) is 4.79 Å².